The van der Waals surface area contributed by atoms with Crippen LogP contribution in [0.2, 0.25) is 0 Å². The molecule has 0 heterocycles. The zero-order valence-electron chi connectivity index (χ0n) is 11.6. The summed E-state index contributed by atoms with van der Waals surface area (Å²) in [6, 6.07) is 8.46. The molecule has 1 aromatic carbocycles. The van der Waals surface area contributed by atoms with Crippen LogP contribution >= 0.6 is 0 Å². The van der Waals surface area contributed by atoms with E-state index < -0.39 is 0 Å². The lowest BCUT2D eigenvalue weighted by Gasteiger charge is -2.29. The highest BCUT2D eigenvalue weighted by Gasteiger charge is 2.23. The largest absolute Gasteiger partial charge is 0.497 e. The van der Waals surface area contributed by atoms with Gasteiger partial charge in [0.15, 0.2) is 0 Å². The molecule has 1 heteroatoms. The van der Waals surface area contributed by atoms with Gasteiger partial charge in [0, 0.05) is 5.92 Å². The molecule has 0 unspecified atom stereocenters. The number of methoxy groups -OCH3 is 1. The molecule has 0 radical (unpaired) electrons. The second kappa shape index (κ2) is 5.43. The van der Waals surface area contributed by atoms with Gasteiger partial charge in [0.1, 0.15) is 5.75 Å². The summed E-state index contributed by atoms with van der Waals surface area (Å²) < 4.78 is 5.21. The van der Waals surface area contributed by atoms with E-state index in [9.17, 15) is 0 Å². The Labute approximate surface area is 110 Å². The van der Waals surface area contributed by atoms with E-state index in [1.54, 1.807) is 7.11 Å². The number of benzene rings is 1. The Bertz CT molecular complexity index is 453. The van der Waals surface area contributed by atoms with Gasteiger partial charge in [-0.05, 0) is 50.3 Å². The molecule has 2 rings (SSSR count). The van der Waals surface area contributed by atoms with Gasteiger partial charge < -0.3 is 4.74 Å². The average molecular weight is 242 g/mol. The minimum absolute atomic E-state index is 0.534. The molecule has 0 N–H and O–H groups in total. The molecule has 96 valence electrons. The summed E-state index contributed by atoms with van der Waals surface area (Å²) in [5.74, 6) is 2.08. The van der Waals surface area contributed by atoms with Crippen LogP contribution in [0.3, 0.4) is 0 Å². The van der Waals surface area contributed by atoms with Crippen LogP contribution in [-0.4, -0.2) is 7.11 Å². The third-order valence-corrected chi connectivity index (χ3v) is 4.01. The second-order valence-electron chi connectivity index (χ2n) is 5.29. The van der Waals surface area contributed by atoms with Crippen LogP contribution in [0.1, 0.15) is 38.2 Å². The van der Waals surface area contributed by atoms with Crippen LogP contribution in [0, 0.1) is 5.92 Å². The van der Waals surface area contributed by atoms with Gasteiger partial charge in [-0.2, -0.15) is 0 Å². The summed E-state index contributed by atoms with van der Waals surface area (Å²) >= 11 is 0. The molecule has 1 aliphatic carbocycles. The highest BCUT2D eigenvalue weighted by molar-refractivity contribution is 5.35. The molecule has 0 saturated carbocycles. The minimum atomic E-state index is 0.534. The van der Waals surface area contributed by atoms with Crippen LogP contribution < -0.4 is 4.74 Å². The zero-order valence-corrected chi connectivity index (χ0v) is 11.6. The molecule has 1 aliphatic rings. The number of hydrogen-bond acceptors (Lipinski definition) is 1. The molecule has 18 heavy (non-hydrogen) atoms. The fraction of sp³-hybridized carbons (Fsp3) is 0.412. The van der Waals surface area contributed by atoms with Crippen molar-refractivity contribution in [2.45, 2.75) is 32.6 Å². The van der Waals surface area contributed by atoms with E-state index in [0.717, 1.165) is 12.2 Å². The van der Waals surface area contributed by atoms with Crippen molar-refractivity contribution in [3.05, 3.63) is 53.6 Å². The van der Waals surface area contributed by atoms with Gasteiger partial charge in [0.05, 0.1) is 7.11 Å². The maximum Gasteiger partial charge on any atom is 0.118 e. The van der Waals surface area contributed by atoms with Crippen molar-refractivity contribution in [3.8, 4) is 5.75 Å². The Morgan fingerprint density at radius 1 is 1.28 bits per heavy atom. The van der Waals surface area contributed by atoms with Crippen molar-refractivity contribution >= 4 is 0 Å². The summed E-state index contributed by atoms with van der Waals surface area (Å²) in [5, 5.41) is 0. The van der Waals surface area contributed by atoms with Crippen LogP contribution in [0.25, 0.3) is 0 Å². The van der Waals surface area contributed by atoms with E-state index in [2.05, 4.69) is 38.6 Å². The maximum absolute atomic E-state index is 5.21. The zero-order chi connectivity index (χ0) is 13.1. The summed E-state index contributed by atoms with van der Waals surface area (Å²) in [6.07, 6.45) is 4.70. The van der Waals surface area contributed by atoms with Gasteiger partial charge in [0.25, 0.3) is 0 Å². The van der Waals surface area contributed by atoms with Gasteiger partial charge >= 0.3 is 0 Å². The lowest BCUT2D eigenvalue weighted by Crippen LogP contribution is -2.14. The number of rotatable bonds is 3. The summed E-state index contributed by atoms with van der Waals surface area (Å²) in [7, 11) is 1.71. The van der Waals surface area contributed by atoms with Gasteiger partial charge in [0.2, 0.25) is 0 Å². The van der Waals surface area contributed by atoms with Crippen molar-refractivity contribution in [2.24, 2.45) is 5.92 Å². The molecule has 0 aromatic heterocycles. The number of hydrogen-bond donors (Lipinski definition) is 0. The third-order valence-electron chi connectivity index (χ3n) is 4.01. The molecule has 1 nitrogen and oxygen atoms in total. The first-order chi connectivity index (χ1) is 8.61. The van der Waals surface area contributed by atoms with E-state index >= 15 is 0 Å². The minimum Gasteiger partial charge on any atom is -0.497 e. The van der Waals surface area contributed by atoms with Gasteiger partial charge in [-0.15, -0.1) is 0 Å². The standard InChI is InChI=1S/C17H22O/c1-12(2)15-6-5-13(3)17(11-15)14-7-9-16(18-4)10-8-14/h5,7-10,15,17H,1,6,11H2,2-4H3/t15-,17+/m1/s1. The Morgan fingerprint density at radius 3 is 2.50 bits per heavy atom. The van der Waals surface area contributed by atoms with Crippen LogP contribution in [0.4, 0.5) is 0 Å². The van der Waals surface area contributed by atoms with Crippen molar-refractivity contribution in [3.63, 3.8) is 0 Å². The van der Waals surface area contributed by atoms with E-state index in [0.29, 0.717) is 11.8 Å². The Balaban J connectivity index is 2.22. The molecule has 0 saturated heterocycles. The summed E-state index contributed by atoms with van der Waals surface area (Å²) in [6.45, 7) is 8.49. The predicted octanol–water partition coefficient (Wildman–Crippen LogP) is 4.71. The molecule has 2 atom stereocenters. The topological polar surface area (TPSA) is 9.23 Å². The SMILES string of the molecule is C=C(C)[C@@H]1CC=C(C)[C@@H](c2ccc(OC)cc2)C1. The molecule has 0 aliphatic heterocycles. The van der Waals surface area contributed by atoms with E-state index in [1.165, 1.54) is 23.1 Å². The van der Waals surface area contributed by atoms with Crippen molar-refractivity contribution < 1.29 is 4.74 Å². The lowest BCUT2D eigenvalue weighted by molar-refractivity contribution is 0.414. The third kappa shape index (κ3) is 2.66. The van der Waals surface area contributed by atoms with Gasteiger partial charge in [-0.3, -0.25) is 0 Å². The normalized spacial score (nSPS) is 23.4. The highest BCUT2D eigenvalue weighted by atomic mass is 16.5. The molecule has 0 spiro atoms. The Hall–Kier alpha value is -1.50. The highest BCUT2D eigenvalue weighted by Crippen LogP contribution is 2.39. The lowest BCUT2D eigenvalue weighted by atomic mass is 9.76. The van der Waals surface area contributed by atoms with Crippen LogP contribution in [0.15, 0.2) is 48.1 Å². The summed E-state index contributed by atoms with van der Waals surface area (Å²) in [5.41, 5.74) is 4.17. The molecule has 1 aromatic rings. The van der Waals surface area contributed by atoms with E-state index in [-0.39, 0.29) is 0 Å². The average Bonchev–Trinajstić information content (AvgIpc) is 2.39. The summed E-state index contributed by atoms with van der Waals surface area (Å²) in [4.78, 5) is 0. The molecular formula is C17H22O. The van der Waals surface area contributed by atoms with Crippen molar-refractivity contribution in [1.29, 1.82) is 0 Å². The van der Waals surface area contributed by atoms with Crippen LogP contribution in [-0.2, 0) is 0 Å². The Kier molecular flexibility index (Phi) is 3.90. The van der Waals surface area contributed by atoms with Crippen LogP contribution in [0.5, 0.6) is 5.75 Å². The smallest absolute Gasteiger partial charge is 0.118 e. The maximum atomic E-state index is 5.21. The monoisotopic (exact) mass is 242 g/mol. The Morgan fingerprint density at radius 2 is 1.94 bits per heavy atom. The quantitative estimate of drug-likeness (QED) is 0.697. The van der Waals surface area contributed by atoms with Gasteiger partial charge in [-0.25, -0.2) is 0 Å². The molecule has 0 bridgehead atoms. The first kappa shape index (κ1) is 12.9. The fourth-order valence-corrected chi connectivity index (χ4v) is 2.67. The molecule has 0 fully saturated rings. The molecule has 0 amide bonds. The van der Waals surface area contributed by atoms with Crippen molar-refractivity contribution in [2.75, 3.05) is 7.11 Å². The predicted molar refractivity (Wildman–Crippen MR) is 77.0 cm³/mol. The van der Waals surface area contributed by atoms with E-state index in [1.807, 2.05) is 12.1 Å². The fourth-order valence-electron chi connectivity index (χ4n) is 2.67. The second-order valence-corrected chi connectivity index (χ2v) is 5.29. The number of allylic oxidation sites excluding steroid dienone is 3. The number of ether oxygens (including phenoxy) is 1. The van der Waals surface area contributed by atoms with E-state index in [4.69, 9.17) is 4.74 Å². The first-order valence-electron chi connectivity index (χ1n) is 6.57. The first-order valence-corrected chi connectivity index (χ1v) is 6.57. The van der Waals surface area contributed by atoms with Crippen molar-refractivity contribution in [1.82, 2.24) is 0 Å². The molecular weight excluding hydrogens is 220 g/mol. The van der Waals surface area contributed by atoms with Gasteiger partial charge in [-0.1, -0.05) is 35.9 Å².